The maximum Gasteiger partial charge on any atom is 0.408 e. The van der Waals surface area contributed by atoms with Gasteiger partial charge in [-0.05, 0) is 63.6 Å². The van der Waals surface area contributed by atoms with Crippen LogP contribution in [0.2, 0.25) is 0 Å². The maximum atomic E-state index is 14.0. The van der Waals surface area contributed by atoms with Gasteiger partial charge in [0.1, 0.15) is 17.7 Å². The minimum atomic E-state index is -0.944. The lowest BCUT2D eigenvalue weighted by atomic mass is 9.99. The number of nitrogens with zero attached hydrogens (tertiary/aromatic N) is 1. The fraction of sp³-hybridized carbons (Fsp3) is 0.433. The molecule has 0 aliphatic rings. The van der Waals surface area contributed by atoms with Gasteiger partial charge >= 0.3 is 6.09 Å². The fourth-order valence-corrected chi connectivity index (χ4v) is 4.12. The number of hydrogen-bond acceptors (Lipinski definition) is 4. The number of nitrogens with one attached hydrogen (secondary N) is 2. The van der Waals surface area contributed by atoms with E-state index in [1.807, 2.05) is 76.2 Å². The topological polar surface area (TPSA) is 87.7 Å². The number of rotatable bonds is 10. The molecule has 0 aliphatic carbocycles. The van der Waals surface area contributed by atoms with Crippen LogP contribution < -0.4 is 10.6 Å². The second-order valence-electron chi connectivity index (χ2n) is 10.7. The molecule has 0 fully saturated rings. The number of carbonyl (C=O) groups is 3. The molecular weight excluding hydrogens is 466 g/mol. The van der Waals surface area contributed by atoms with Crippen molar-refractivity contribution in [3.8, 4) is 0 Å². The van der Waals surface area contributed by atoms with E-state index in [0.717, 1.165) is 11.1 Å². The normalized spacial score (nSPS) is 12.9. The molecule has 37 heavy (non-hydrogen) atoms. The van der Waals surface area contributed by atoms with Crippen molar-refractivity contribution in [2.24, 2.45) is 5.92 Å². The number of hydrogen-bond donors (Lipinski definition) is 2. The van der Waals surface area contributed by atoms with Gasteiger partial charge < -0.3 is 20.3 Å². The number of alkyl carbamates (subject to hydrolysis) is 1. The summed E-state index contributed by atoms with van der Waals surface area (Å²) in [4.78, 5) is 41.9. The first-order valence-corrected chi connectivity index (χ1v) is 12.7. The summed E-state index contributed by atoms with van der Waals surface area (Å²) in [7, 11) is 0. The molecule has 0 saturated heterocycles. The van der Waals surface area contributed by atoms with Crippen LogP contribution in [0.1, 0.15) is 63.8 Å². The van der Waals surface area contributed by atoms with E-state index in [-0.39, 0.29) is 24.3 Å². The van der Waals surface area contributed by atoms with Crippen molar-refractivity contribution in [1.82, 2.24) is 10.2 Å². The molecule has 0 bridgehead atoms. The van der Waals surface area contributed by atoms with Crippen LogP contribution in [-0.4, -0.2) is 41.0 Å². The van der Waals surface area contributed by atoms with E-state index in [0.29, 0.717) is 17.7 Å². The molecule has 2 unspecified atom stereocenters. The maximum absolute atomic E-state index is 14.0. The standard InChI is InChI=1S/C30H41N3O4/c1-9-18-33(28(35)24(19-20(2)3)31-29(36)37-30(6,7)8)26(23-16-11-10-12-17-23)27(34)32-25-21(4)14-13-15-22(25)5/h9-17,20,24,26H,1,18-19H2,2-8H3,(H,31,36)(H,32,34). The van der Waals surface area contributed by atoms with Crippen LogP contribution in [0.15, 0.2) is 61.2 Å². The molecule has 0 aliphatic heterocycles. The number of anilines is 1. The van der Waals surface area contributed by atoms with Gasteiger partial charge in [-0.3, -0.25) is 9.59 Å². The molecule has 7 heteroatoms. The number of benzene rings is 2. The molecule has 0 aromatic heterocycles. The summed E-state index contributed by atoms with van der Waals surface area (Å²) in [5, 5.41) is 5.78. The van der Waals surface area contributed by atoms with Crippen LogP contribution in [0, 0.1) is 19.8 Å². The third-order valence-electron chi connectivity index (χ3n) is 5.71. The van der Waals surface area contributed by atoms with Gasteiger partial charge in [-0.25, -0.2) is 4.79 Å². The molecule has 200 valence electrons. The average Bonchev–Trinajstić information content (AvgIpc) is 2.79. The van der Waals surface area contributed by atoms with E-state index in [9.17, 15) is 14.4 Å². The Labute approximate surface area is 221 Å². The Morgan fingerprint density at radius 1 is 1.00 bits per heavy atom. The summed E-state index contributed by atoms with van der Waals surface area (Å²) in [6.07, 6.45) is 1.28. The number of carbonyl (C=O) groups excluding carboxylic acids is 3. The largest absolute Gasteiger partial charge is 0.444 e. The number of ether oxygens (including phenoxy) is 1. The first kappa shape index (κ1) is 29.6. The minimum absolute atomic E-state index is 0.105. The highest BCUT2D eigenvalue weighted by atomic mass is 16.6. The summed E-state index contributed by atoms with van der Waals surface area (Å²) in [5.74, 6) is -0.627. The summed E-state index contributed by atoms with van der Waals surface area (Å²) < 4.78 is 5.42. The van der Waals surface area contributed by atoms with Gasteiger partial charge in [0.25, 0.3) is 5.91 Å². The van der Waals surface area contributed by atoms with E-state index in [2.05, 4.69) is 17.2 Å². The molecule has 3 amide bonds. The van der Waals surface area contributed by atoms with Crippen LogP contribution >= 0.6 is 0 Å². The molecule has 2 N–H and O–H groups in total. The van der Waals surface area contributed by atoms with Crippen molar-refractivity contribution in [1.29, 1.82) is 0 Å². The molecule has 2 aromatic carbocycles. The van der Waals surface area contributed by atoms with Gasteiger partial charge in [0.15, 0.2) is 0 Å². The van der Waals surface area contributed by atoms with Crippen LogP contribution in [0.5, 0.6) is 0 Å². The number of amides is 3. The lowest BCUT2D eigenvalue weighted by Gasteiger charge is -2.34. The number of para-hydroxylation sites is 1. The van der Waals surface area contributed by atoms with Gasteiger partial charge in [-0.15, -0.1) is 6.58 Å². The zero-order chi connectivity index (χ0) is 27.8. The van der Waals surface area contributed by atoms with Gasteiger partial charge in [0, 0.05) is 12.2 Å². The van der Waals surface area contributed by atoms with E-state index in [4.69, 9.17) is 4.74 Å². The second kappa shape index (κ2) is 13.1. The van der Waals surface area contributed by atoms with E-state index >= 15 is 0 Å². The van der Waals surface area contributed by atoms with Crippen LogP contribution in [0.3, 0.4) is 0 Å². The highest BCUT2D eigenvalue weighted by Gasteiger charge is 2.36. The molecule has 7 nitrogen and oxygen atoms in total. The monoisotopic (exact) mass is 507 g/mol. The van der Waals surface area contributed by atoms with Gasteiger partial charge in [-0.1, -0.05) is 68.5 Å². The predicted octanol–water partition coefficient (Wildman–Crippen LogP) is 5.94. The zero-order valence-corrected chi connectivity index (χ0v) is 23.1. The van der Waals surface area contributed by atoms with Crippen molar-refractivity contribution in [3.05, 3.63) is 77.9 Å². The van der Waals surface area contributed by atoms with E-state index in [1.165, 1.54) is 4.90 Å². The molecule has 0 saturated carbocycles. The summed E-state index contributed by atoms with van der Waals surface area (Å²) >= 11 is 0. The lowest BCUT2D eigenvalue weighted by Crippen LogP contribution is -2.52. The molecule has 0 spiro atoms. The molecule has 2 atom stereocenters. The average molecular weight is 508 g/mol. The van der Waals surface area contributed by atoms with Crippen LogP contribution in [0.4, 0.5) is 10.5 Å². The smallest absolute Gasteiger partial charge is 0.408 e. The van der Waals surface area contributed by atoms with E-state index in [1.54, 1.807) is 26.8 Å². The first-order chi connectivity index (χ1) is 17.3. The Balaban J connectivity index is 2.50. The van der Waals surface area contributed by atoms with Crippen molar-refractivity contribution < 1.29 is 19.1 Å². The van der Waals surface area contributed by atoms with Crippen molar-refractivity contribution in [3.63, 3.8) is 0 Å². The second-order valence-corrected chi connectivity index (χ2v) is 10.7. The highest BCUT2D eigenvalue weighted by molar-refractivity contribution is 6.00. The van der Waals surface area contributed by atoms with Crippen molar-refractivity contribution >= 4 is 23.6 Å². The van der Waals surface area contributed by atoms with Crippen LogP contribution in [-0.2, 0) is 14.3 Å². The van der Waals surface area contributed by atoms with Gasteiger partial charge in [-0.2, -0.15) is 0 Å². The van der Waals surface area contributed by atoms with E-state index < -0.39 is 23.8 Å². The summed E-state index contributed by atoms with van der Waals surface area (Å²) in [5.41, 5.74) is 2.50. The predicted molar refractivity (Wildman–Crippen MR) is 148 cm³/mol. The highest BCUT2D eigenvalue weighted by Crippen LogP contribution is 2.27. The molecule has 2 rings (SSSR count). The fourth-order valence-electron chi connectivity index (χ4n) is 4.12. The quantitative estimate of drug-likeness (QED) is 0.390. The Morgan fingerprint density at radius 2 is 1.59 bits per heavy atom. The molecule has 0 heterocycles. The third kappa shape index (κ3) is 8.77. The first-order valence-electron chi connectivity index (χ1n) is 12.7. The van der Waals surface area contributed by atoms with Gasteiger partial charge in [0.2, 0.25) is 5.91 Å². The SMILES string of the molecule is C=CCN(C(=O)C(CC(C)C)NC(=O)OC(C)(C)C)C(C(=O)Nc1c(C)cccc1C)c1ccccc1. The Kier molecular flexibility index (Phi) is 10.5. The summed E-state index contributed by atoms with van der Waals surface area (Å²) in [6, 6.07) is 13.1. The lowest BCUT2D eigenvalue weighted by molar-refractivity contribution is -0.140. The Hall–Kier alpha value is -3.61. The Morgan fingerprint density at radius 3 is 2.11 bits per heavy atom. The van der Waals surface area contributed by atoms with Crippen LogP contribution in [0.25, 0.3) is 0 Å². The van der Waals surface area contributed by atoms with Gasteiger partial charge in [0.05, 0.1) is 0 Å². The third-order valence-corrected chi connectivity index (χ3v) is 5.71. The molecule has 0 radical (unpaired) electrons. The van der Waals surface area contributed by atoms with Crippen molar-refractivity contribution in [2.45, 2.75) is 72.6 Å². The number of aryl methyl sites for hydroxylation is 2. The Bertz CT molecular complexity index is 1070. The minimum Gasteiger partial charge on any atom is -0.444 e. The summed E-state index contributed by atoms with van der Waals surface area (Å²) in [6.45, 7) is 17.0. The zero-order valence-electron chi connectivity index (χ0n) is 23.1. The molecular formula is C30H41N3O4. The van der Waals surface area contributed by atoms with Crippen molar-refractivity contribution in [2.75, 3.05) is 11.9 Å². The molecule has 2 aromatic rings.